The van der Waals surface area contributed by atoms with E-state index in [2.05, 4.69) is 49.5 Å². The molecule has 2 aromatic carbocycles. The molecule has 0 fully saturated rings. The predicted molar refractivity (Wildman–Crippen MR) is 84.0 cm³/mol. The van der Waals surface area contributed by atoms with E-state index in [0.29, 0.717) is 17.7 Å². The van der Waals surface area contributed by atoms with Crippen LogP contribution in [0.4, 0.5) is 0 Å². The third kappa shape index (κ3) is 4.10. The van der Waals surface area contributed by atoms with Gasteiger partial charge in [0, 0.05) is 6.04 Å². The number of hydrogen-bond acceptors (Lipinski definition) is 2. The largest absolute Gasteiger partial charge is 0.508 e. The summed E-state index contributed by atoms with van der Waals surface area (Å²) in [6.45, 7) is 5.40. The summed E-state index contributed by atoms with van der Waals surface area (Å²) in [6.07, 6.45) is 1.12. The Labute approximate surface area is 121 Å². The SMILES string of the molecule is CC(CCNC(C)c1ccc(O)cc1)c1ccccc1. The second-order valence-electron chi connectivity index (χ2n) is 5.37. The monoisotopic (exact) mass is 269 g/mol. The highest BCUT2D eigenvalue weighted by molar-refractivity contribution is 5.27. The molecule has 0 aliphatic rings. The van der Waals surface area contributed by atoms with Crippen LogP contribution in [0.15, 0.2) is 54.6 Å². The fourth-order valence-electron chi connectivity index (χ4n) is 2.35. The van der Waals surface area contributed by atoms with Gasteiger partial charge in [0.2, 0.25) is 0 Å². The summed E-state index contributed by atoms with van der Waals surface area (Å²) >= 11 is 0. The first kappa shape index (κ1) is 14.6. The van der Waals surface area contributed by atoms with Gasteiger partial charge in [-0.25, -0.2) is 0 Å². The predicted octanol–water partition coefficient (Wildman–Crippen LogP) is 4.24. The quantitative estimate of drug-likeness (QED) is 0.822. The topological polar surface area (TPSA) is 32.3 Å². The highest BCUT2D eigenvalue weighted by Gasteiger charge is 2.07. The van der Waals surface area contributed by atoms with Crippen LogP contribution in [0, 0.1) is 0 Å². The molecule has 2 aromatic rings. The van der Waals surface area contributed by atoms with Gasteiger partial charge in [-0.2, -0.15) is 0 Å². The first-order chi connectivity index (χ1) is 9.66. The van der Waals surface area contributed by atoms with Gasteiger partial charge in [0.25, 0.3) is 0 Å². The normalized spacial score (nSPS) is 13.9. The van der Waals surface area contributed by atoms with Gasteiger partial charge in [-0.05, 0) is 49.1 Å². The van der Waals surface area contributed by atoms with Crippen molar-refractivity contribution in [3.05, 3.63) is 65.7 Å². The Morgan fingerprint density at radius 3 is 2.20 bits per heavy atom. The lowest BCUT2D eigenvalue weighted by Crippen LogP contribution is -2.21. The van der Waals surface area contributed by atoms with E-state index in [4.69, 9.17) is 0 Å². The van der Waals surface area contributed by atoms with E-state index in [1.165, 1.54) is 11.1 Å². The molecule has 0 spiro atoms. The lowest BCUT2D eigenvalue weighted by Gasteiger charge is -2.17. The van der Waals surface area contributed by atoms with Crippen molar-refractivity contribution in [2.75, 3.05) is 6.54 Å². The molecule has 0 saturated heterocycles. The minimum atomic E-state index is 0.304. The standard InChI is InChI=1S/C18H23NO/c1-14(16-6-4-3-5-7-16)12-13-19-15(2)17-8-10-18(20)11-9-17/h3-11,14-15,19-20H,12-13H2,1-2H3. The van der Waals surface area contributed by atoms with Crippen LogP contribution in [0.2, 0.25) is 0 Å². The van der Waals surface area contributed by atoms with E-state index in [-0.39, 0.29) is 0 Å². The Balaban J connectivity index is 1.79. The van der Waals surface area contributed by atoms with Gasteiger partial charge in [-0.1, -0.05) is 49.4 Å². The summed E-state index contributed by atoms with van der Waals surface area (Å²) in [5.41, 5.74) is 2.60. The molecule has 20 heavy (non-hydrogen) atoms. The number of benzene rings is 2. The molecule has 0 bridgehead atoms. The third-order valence-electron chi connectivity index (χ3n) is 3.79. The number of phenols is 1. The highest BCUT2D eigenvalue weighted by atomic mass is 16.3. The van der Waals surface area contributed by atoms with Crippen molar-refractivity contribution in [2.45, 2.75) is 32.2 Å². The zero-order chi connectivity index (χ0) is 14.4. The average molecular weight is 269 g/mol. The van der Waals surface area contributed by atoms with Gasteiger partial charge < -0.3 is 10.4 Å². The van der Waals surface area contributed by atoms with Crippen LogP contribution in [0.1, 0.15) is 43.4 Å². The molecule has 2 N–H and O–H groups in total. The molecule has 0 amide bonds. The Hall–Kier alpha value is -1.80. The number of aromatic hydroxyl groups is 1. The van der Waals surface area contributed by atoms with E-state index in [1.807, 2.05) is 12.1 Å². The van der Waals surface area contributed by atoms with Crippen molar-refractivity contribution >= 4 is 0 Å². The number of phenolic OH excluding ortho intramolecular Hbond substituents is 1. The molecular weight excluding hydrogens is 246 g/mol. The lowest BCUT2D eigenvalue weighted by atomic mass is 9.97. The first-order valence-corrected chi connectivity index (χ1v) is 7.24. The fourth-order valence-corrected chi connectivity index (χ4v) is 2.35. The molecule has 0 heterocycles. The van der Waals surface area contributed by atoms with E-state index in [1.54, 1.807) is 12.1 Å². The molecular formula is C18H23NO. The minimum absolute atomic E-state index is 0.304. The Morgan fingerprint density at radius 1 is 0.900 bits per heavy atom. The van der Waals surface area contributed by atoms with Gasteiger partial charge in [0.05, 0.1) is 0 Å². The molecule has 2 rings (SSSR count). The summed E-state index contributed by atoms with van der Waals surface area (Å²) in [6, 6.07) is 18.3. The van der Waals surface area contributed by atoms with Gasteiger partial charge in [0.1, 0.15) is 5.75 Å². The van der Waals surface area contributed by atoms with Crippen molar-refractivity contribution in [1.82, 2.24) is 5.32 Å². The molecule has 2 atom stereocenters. The van der Waals surface area contributed by atoms with Crippen LogP contribution >= 0.6 is 0 Å². The van der Waals surface area contributed by atoms with Crippen molar-refractivity contribution in [2.24, 2.45) is 0 Å². The molecule has 0 aliphatic heterocycles. The van der Waals surface area contributed by atoms with Crippen molar-refractivity contribution in [3.63, 3.8) is 0 Å². The van der Waals surface area contributed by atoms with Gasteiger partial charge in [-0.3, -0.25) is 0 Å². The molecule has 2 heteroatoms. The molecule has 2 nitrogen and oxygen atoms in total. The highest BCUT2D eigenvalue weighted by Crippen LogP contribution is 2.19. The van der Waals surface area contributed by atoms with E-state index in [9.17, 15) is 5.11 Å². The fraction of sp³-hybridized carbons (Fsp3) is 0.333. The lowest BCUT2D eigenvalue weighted by molar-refractivity contribution is 0.474. The Kier molecular flexibility index (Phi) is 5.19. The summed E-state index contributed by atoms with van der Waals surface area (Å²) < 4.78 is 0. The zero-order valence-corrected chi connectivity index (χ0v) is 12.2. The number of hydrogen-bond donors (Lipinski definition) is 2. The van der Waals surface area contributed by atoms with Crippen LogP contribution in [0.3, 0.4) is 0 Å². The summed E-state index contributed by atoms with van der Waals surface area (Å²) in [5, 5.41) is 12.8. The Bertz CT molecular complexity index is 507. The summed E-state index contributed by atoms with van der Waals surface area (Å²) in [4.78, 5) is 0. The molecule has 0 aliphatic carbocycles. The van der Waals surface area contributed by atoms with Crippen LogP contribution in [-0.4, -0.2) is 11.7 Å². The maximum Gasteiger partial charge on any atom is 0.115 e. The van der Waals surface area contributed by atoms with E-state index >= 15 is 0 Å². The smallest absolute Gasteiger partial charge is 0.115 e. The third-order valence-corrected chi connectivity index (χ3v) is 3.79. The molecule has 2 unspecified atom stereocenters. The van der Waals surface area contributed by atoms with Crippen LogP contribution in [0.5, 0.6) is 5.75 Å². The molecule has 0 saturated carbocycles. The molecule has 0 aromatic heterocycles. The summed E-state index contributed by atoms with van der Waals surface area (Å²) in [5.74, 6) is 0.884. The minimum Gasteiger partial charge on any atom is -0.508 e. The molecule has 106 valence electrons. The number of nitrogens with one attached hydrogen (secondary N) is 1. The van der Waals surface area contributed by atoms with Crippen molar-refractivity contribution < 1.29 is 5.11 Å². The van der Waals surface area contributed by atoms with Gasteiger partial charge in [-0.15, -0.1) is 0 Å². The number of rotatable bonds is 6. The second kappa shape index (κ2) is 7.11. The second-order valence-corrected chi connectivity index (χ2v) is 5.37. The van der Waals surface area contributed by atoms with Gasteiger partial charge in [0.15, 0.2) is 0 Å². The van der Waals surface area contributed by atoms with E-state index in [0.717, 1.165) is 13.0 Å². The average Bonchev–Trinajstić information content (AvgIpc) is 2.48. The van der Waals surface area contributed by atoms with Crippen LogP contribution in [0.25, 0.3) is 0 Å². The van der Waals surface area contributed by atoms with Crippen molar-refractivity contribution in [3.8, 4) is 5.75 Å². The maximum atomic E-state index is 9.29. The van der Waals surface area contributed by atoms with Crippen LogP contribution in [-0.2, 0) is 0 Å². The zero-order valence-electron chi connectivity index (χ0n) is 12.2. The van der Waals surface area contributed by atoms with Crippen LogP contribution < -0.4 is 5.32 Å². The Morgan fingerprint density at radius 2 is 1.55 bits per heavy atom. The maximum absolute atomic E-state index is 9.29. The summed E-state index contributed by atoms with van der Waals surface area (Å²) in [7, 11) is 0. The molecule has 0 radical (unpaired) electrons. The van der Waals surface area contributed by atoms with E-state index < -0.39 is 0 Å². The van der Waals surface area contributed by atoms with Crippen molar-refractivity contribution in [1.29, 1.82) is 0 Å². The van der Waals surface area contributed by atoms with Gasteiger partial charge >= 0.3 is 0 Å². The first-order valence-electron chi connectivity index (χ1n) is 7.24.